The van der Waals surface area contributed by atoms with Gasteiger partial charge in [-0.25, -0.2) is 14.2 Å². The number of nitrogens with zero attached hydrogens (tertiary/aromatic N) is 5. The lowest BCUT2D eigenvalue weighted by atomic mass is 9.84. The molecule has 34 heavy (non-hydrogen) atoms. The minimum atomic E-state index is -4.43. The topological polar surface area (TPSA) is 34.4 Å². The predicted molar refractivity (Wildman–Crippen MR) is 135 cm³/mol. The number of hydrazone groups is 1. The van der Waals surface area contributed by atoms with Crippen molar-refractivity contribution in [1.82, 2.24) is 9.45 Å². The van der Waals surface area contributed by atoms with E-state index in [2.05, 4.69) is 54.5 Å². The number of hydrogen-bond acceptors (Lipinski definition) is 3. The standard InChI is InChI=1S/C25H31F3N5P/c1-7-33(8-2)34(30-19-13-11-12-18(16-19)25(26,27)28)22(17-29-32(34)6)23-24(3,4)20-14-9-10-15-21(20)31(23)5/h9-17H,7-8H2,1-6H3/b23-22-. The van der Waals surface area contributed by atoms with Crippen molar-refractivity contribution in [2.75, 3.05) is 32.1 Å². The summed E-state index contributed by atoms with van der Waals surface area (Å²) < 4.78 is 49.7. The highest BCUT2D eigenvalue weighted by molar-refractivity contribution is 7.67. The van der Waals surface area contributed by atoms with Crippen molar-refractivity contribution in [3.05, 3.63) is 70.7 Å². The van der Waals surface area contributed by atoms with E-state index < -0.39 is 19.1 Å². The van der Waals surface area contributed by atoms with Crippen LogP contribution in [0.15, 0.2) is 69.4 Å². The number of benzene rings is 2. The molecule has 0 aliphatic carbocycles. The van der Waals surface area contributed by atoms with Gasteiger partial charge in [-0.15, -0.1) is 0 Å². The molecular weight excluding hydrogens is 458 g/mol. The molecule has 0 aromatic heterocycles. The van der Waals surface area contributed by atoms with E-state index in [-0.39, 0.29) is 5.41 Å². The molecule has 0 saturated heterocycles. The van der Waals surface area contributed by atoms with Crippen LogP contribution in [0.3, 0.4) is 0 Å². The Morgan fingerprint density at radius 1 is 1.03 bits per heavy atom. The number of fused-ring (bicyclic) bond motifs is 1. The van der Waals surface area contributed by atoms with E-state index in [0.29, 0.717) is 18.8 Å². The fourth-order valence-corrected chi connectivity index (χ4v) is 8.84. The molecule has 4 rings (SSSR count). The second-order valence-corrected chi connectivity index (χ2v) is 12.0. The van der Waals surface area contributed by atoms with Gasteiger partial charge in [-0.3, -0.25) is 0 Å². The fraction of sp³-hybridized carbons (Fsp3) is 0.400. The number of anilines is 1. The van der Waals surface area contributed by atoms with E-state index in [9.17, 15) is 13.2 Å². The Labute approximate surface area is 199 Å². The van der Waals surface area contributed by atoms with Gasteiger partial charge in [0, 0.05) is 44.0 Å². The number of hydrogen-bond donors (Lipinski definition) is 0. The molecule has 0 saturated carbocycles. The number of likely N-dealkylation sites (N-methyl/N-ethyl adjacent to an activating group) is 1. The lowest BCUT2D eigenvalue weighted by Crippen LogP contribution is -2.30. The number of para-hydroxylation sites is 1. The lowest BCUT2D eigenvalue weighted by Gasteiger charge is -2.39. The Balaban J connectivity index is 2.05. The normalized spacial score (nSPS) is 23.7. The molecule has 0 N–H and O–H groups in total. The SMILES string of the molecule is CCN(CC)P1(=Nc2cccc(C(F)(F)F)c2)/C(=C2\N(C)c3ccccc3C2(C)C)C=NN1C. The first-order valence-electron chi connectivity index (χ1n) is 11.4. The van der Waals surface area contributed by atoms with Crippen molar-refractivity contribution in [3.63, 3.8) is 0 Å². The molecule has 1 unspecified atom stereocenters. The van der Waals surface area contributed by atoms with Crippen LogP contribution in [0.5, 0.6) is 0 Å². The van der Waals surface area contributed by atoms with Gasteiger partial charge in [-0.2, -0.15) is 18.3 Å². The first kappa shape index (κ1) is 24.6. The Bertz CT molecular complexity index is 1210. The number of halogens is 3. The predicted octanol–water partition coefficient (Wildman–Crippen LogP) is 7.28. The van der Waals surface area contributed by atoms with E-state index >= 15 is 0 Å². The Kier molecular flexibility index (Phi) is 6.19. The Morgan fingerprint density at radius 2 is 1.71 bits per heavy atom. The minimum Gasteiger partial charge on any atom is -0.346 e. The average Bonchev–Trinajstić information content (AvgIpc) is 3.20. The summed E-state index contributed by atoms with van der Waals surface area (Å²) in [4.78, 5) is 2.19. The van der Waals surface area contributed by atoms with Crippen LogP contribution in [0.25, 0.3) is 0 Å². The van der Waals surface area contributed by atoms with Crippen LogP contribution < -0.4 is 4.90 Å². The molecule has 2 heterocycles. The maximum Gasteiger partial charge on any atom is 0.416 e. The summed E-state index contributed by atoms with van der Waals surface area (Å²) in [6.07, 6.45) is -2.57. The average molecular weight is 490 g/mol. The van der Waals surface area contributed by atoms with Crippen LogP contribution >= 0.6 is 7.36 Å². The highest BCUT2D eigenvalue weighted by atomic mass is 31.2. The quantitative estimate of drug-likeness (QED) is 0.423. The van der Waals surface area contributed by atoms with Crippen molar-refractivity contribution in [2.24, 2.45) is 9.85 Å². The van der Waals surface area contributed by atoms with E-state index in [1.54, 1.807) is 6.07 Å². The summed E-state index contributed by atoms with van der Waals surface area (Å²) in [5.41, 5.74) is 2.70. The molecule has 1 atom stereocenters. The van der Waals surface area contributed by atoms with E-state index in [1.165, 1.54) is 11.6 Å². The molecule has 182 valence electrons. The molecular formula is C25H31F3N5P. The molecule has 2 aromatic rings. The summed E-state index contributed by atoms with van der Waals surface area (Å²) in [6.45, 7) is 9.86. The first-order chi connectivity index (χ1) is 16.0. The van der Waals surface area contributed by atoms with E-state index in [1.807, 2.05) is 37.2 Å². The molecule has 0 bridgehead atoms. The van der Waals surface area contributed by atoms with Gasteiger partial charge in [0.1, 0.15) is 0 Å². The third-order valence-corrected chi connectivity index (χ3v) is 10.5. The minimum absolute atomic E-state index is 0.307. The molecule has 0 amide bonds. The van der Waals surface area contributed by atoms with Gasteiger partial charge in [-0.05, 0) is 29.8 Å². The molecule has 0 fully saturated rings. The lowest BCUT2D eigenvalue weighted by molar-refractivity contribution is -0.137. The monoisotopic (exact) mass is 489 g/mol. The maximum absolute atomic E-state index is 13.5. The largest absolute Gasteiger partial charge is 0.416 e. The van der Waals surface area contributed by atoms with Gasteiger partial charge in [0.2, 0.25) is 0 Å². The zero-order valence-electron chi connectivity index (χ0n) is 20.4. The van der Waals surface area contributed by atoms with E-state index in [0.717, 1.165) is 28.8 Å². The number of rotatable bonds is 4. The van der Waals surface area contributed by atoms with Crippen LogP contribution in [0.2, 0.25) is 0 Å². The van der Waals surface area contributed by atoms with E-state index in [4.69, 9.17) is 4.74 Å². The zero-order chi connectivity index (χ0) is 24.9. The highest BCUT2D eigenvalue weighted by Crippen LogP contribution is 2.69. The van der Waals surface area contributed by atoms with Crippen molar-refractivity contribution < 1.29 is 13.2 Å². The van der Waals surface area contributed by atoms with Gasteiger partial charge in [0.25, 0.3) is 0 Å². The van der Waals surface area contributed by atoms with Gasteiger partial charge < -0.3 is 4.90 Å². The van der Waals surface area contributed by atoms with Crippen molar-refractivity contribution >= 4 is 24.9 Å². The Morgan fingerprint density at radius 3 is 2.32 bits per heavy atom. The molecule has 0 radical (unpaired) electrons. The van der Waals surface area contributed by atoms with Gasteiger partial charge in [-0.1, -0.05) is 52.0 Å². The van der Waals surface area contributed by atoms with Crippen molar-refractivity contribution in [3.8, 4) is 0 Å². The van der Waals surface area contributed by atoms with Crippen LogP contribution in [0, 0.1) is 0 Å². The summed E-state index contributed by atoms with van der Waals surface area (Å²) in [6, 6.07) is 13.6. The molecule has 0 spiro atoms. The van der Waals surface area contributed by atoms with Gasteiger partial charge >= 0.3 is 6.18 Å². The van der Waals surface area contributed by atoms with Crippen molar-refractivity contribution in [1.29, 1.82) is 0 Å². The summed E-state index contributed by atoms with van der Waals surface area (Å²) in [5, 5.41) is 5.65. The molecule has 2 aliphatic rings. The highest BCUT2D eigenvalue weighted by Gasteiger charge is 2.47. The third-order valence-electron chi connectivity index (χ3n) is 6.74. The van der Waals surface area contributed by atoms with Gasteiger partial charge in [0.05, 0.1) is 22.8 Å². The van der Waals surface area contributed by atoms with Crippen LogP contribution in [-0.2, 0) is 11.6 Å². The second-order valence-electron chi connectivity index (χ2n) is 9.02. The van der Waals surface area contributed by atoms with Gasteiger partial charge in [0.15, 0.2) is 7.36 Å². The smallest absolute Gasteiger partial charge is 0.346 e. The summed E-state index contributed by atoms with van der Waals surface area (Å²) in [7, 11) is 1.22. The third kappa shape index (κ3) is 3.68. The summed E-state index contributed by atoms with van der Waals surface area (Å²) >= 11 is 0. The number of allylic oxidation sites excluding steroid dienone is 2. The first-order valence-corrected chi connectivity index (χ1v) is 13.0. The zero-order valence-corrected chi connectivity index (χ0v) is 21.3. The van der Waals surface area contributed by atoms with Crippen LogP contribution in [-0.4, -0.2) is 42.8 Å². The second kappa shape index (κ2) is 8.58. The number of alkyl halides is 3. The Hall–Kier alpha value is -2.57. The molecule has 9 heteroatoms. The molecule has 5 nitrogen and oxygen atoms in total. The summed E-state index contributed by atoms with van der Waals surface area (Å²) in [5.74, 6) is 0. The molecule has 2 aromatic carbocycles. The fourth-order valence-electron chi connectivity index (χ4n) is 5.14. The maximum atomic E-state index is 13.5. The van der Waals surface area contributed by atoms with Crippen LogP contribution in [0.4, 0.5) is 24.5 Å². The van der Waals surface area contributed by atoms with Crippen molar-refractivity contribution in [2.45, 2.75) is 39.3 Å². The molecule has 2 aliphatic heterocycles. The van der Waals surface area contributed by atoms with Crippen LogP contribution in [0.1, 0.15) is 38.8 Å².